The molecule has 0 aliphatic rings. The van der Waals surface area contributed by atoms with Crippen LogP contribution in [0.25, 0.3) is 5.69 Å². The van der Waals surface area contributed by atoms with E-state index in [-0.39, 0.29) is 29.6 Å². The largest absolute Gasteiger partial charge is 1.00 e. The van der Waals surface area contributed by atoms with Crippen LogP contribution in [0.1, 0.15) is 0 Å². The summed E-state index contributed by atoms with van der Waals surface area (Å²) in [6.07, 6.45) is 0. The van der Waals surface area contributed by atoms with Crippen LogP contribution in [-0.2, 0) is 12.6 Å². The molecule has 0 aliphatic carbocycles. The van der Waals surface area contributed by atoms with Gasteiger partial charge in [-0.15, -0.1) is 5.10 Å². The van der Waals surface area contributed by atoms with Crippen LogP contribution in [0.4, 0.5) is 0 Å². The van der Waals surface area contributed by atoms with E-state index in [0.717, 1.165) is 11.4 Å². The number of methoxy groups -OCH3 is 1. The molecule has 0 bridgehead atoms. The molecule has 7 heteroatoms. The maximum absolute atomic E-state index is 5.03. The SMILES string of the molecule is COc1ccc(-n2nnnc2[S-])cc1.[Na+]. The van der Waals surface area contributed by atoms with E-state index in [1.54, 1.807) is 7.11 Å². The van der Waals surface area contributed by atoms with Gasteiger partial charge in [-0.05, 0) is 34.7 Å². The van der Waals surface area contributed by atoms with Crippen LogP contribution in [0.2, 0.25) is 0 Å². The Kier molecular flexibility index (Phi) is 4.46. The first-order valence-corrected chi connectivity index (χ1v) is 4.32. The van der Waals surface area contributed by atoms with E-state index in [9.17, 15) is 0 Å². The van der Waals surface area contributed by atoms with E-state index < -0.39 is 0 Å². The molecule has 0 saturated heterocycles. The van der Waals surface area contributed by atoms with E-state index in [1.165, 1.54) is 4.68 Å². The van der Waals surface area contributed by atoms with Crippen molar-refractivity contribution in [1.82, 2.24) is 20.2 Å². The minimum atomic E-state index is 0. The summed E-state index contributed by atoms with van der Waals surface area (Å²) in [5.74, 6) is 0.785. The molecular formula is C8H7N4NaOS. The fourth-order valence-corrected chi connectivity index (χ4v) is 1.24. The molecule has 0 spiro atoms. The standard InChI is InChI=1S/C8H8N4OS.Na/c1-13-7-4-2-6(3-5-7)12-8(14)9-10-11-12;/h2-5H,1H3,(H,9,11,14);/q;+1/p-1. The monoisotopic (exact) mass is 230 g/mol. The van der Waals surface area contributed by atoms with Crippen LogP contribution in [-0.4, -0.2) is 27.3 Å². The summed E-state index contributed by atoms with van der Waals surface area (Å²) in [5, 5.41) is 11.2. The molecule has 0 radical (unpaired) electrons. The van der Waals surface area contributed by atoms with Gasteiger partial charge in [0.2, 0.25) is 0 Å². The summed E-state index contributed by atoms with van der Waals surface area (Å²) in [6.45, 7) is 0. The first-order valence-electron chi connectivity index (χ1n) is 3.91. The Labute approximate surface area is 115 Å². The zero-order chi connectivity index (χ0) is 9.97. The second-order valence-electron chi connectivity index (χ2n) is 2.57. The topological polar surface area (TPSA) is 52.8 Å². The first kappa shape index (κ1) is 12.4. The van der Waals surface area contributed by atoms with Gasteiger partial charge in [-0.3, -0.25) is 0 Å². The Morgan fingerprint density at radius 2 is 1.93 bits per heavy atom. The van der Waals surface area contributed by atoms with Crippen LogP contribution in [0, 0.1) is 0 Å². The summed E-state index contributed by atoms with van der Waals surface area (Å²) in [4.78, 5) is 0. The fraction of sp³-hybridized carbons (Fsp3) is 0.125. The van der Waals surface area contributed by atoms with Crippen molar-refractivity contribution in [2.45, 2.75) is 5.16 Å². The number of aromatic nitrogens is 4. The molecule has 2 rings (SSSR count). The van der Waals surface area contributed by atoms with Gasteiger partial charge in [0, 0.05) is 5.16 Å². The number of ether oxygens (including phenoxy) is 1. The van der Waals surface area contributed by atoms with Crippen molar-refractivity contribution in [1.29, 1.82) is 0 Å². The Morgan fingerprint density at radius 3 is 2.40 bits per heavy atom. The quantitative estimate of drug-likeness (QED) is 0.424. The molecule has 0 unspecified atom stereocenters. The fourth-order valence-electron chi connectivity index (χ4n) is 1.06. The van der Waals surface area contributed by atoms with Crippen molar-refractivity contribution in [2.24, 2.45) is 0 Å². The van der Waals surface area contributed by atoms with Crippen molar-refractivity contribution < 1.29 is 34.3 Å². The Bertz CT molecular complexity index is 430. The first-order chi connectivity index (χ1) is 6.81. The Balaban J connectivity index is 0.00000112. The van der Waals surface area contributed by atoms with Crippen LogP contribution in [0.3, 0.4) is 0 Å². The number of rotatable bonds is 2. The third-order valence-corrected chi connectivity index (χ3v) is 2.01. The molecular weight excluding hydrogens is 223 g/mol. The molecule has 5 nitrogen and oxygen atoms in total. The van der Waals surface area contributed by atoms with E-state index in [4.69, 9.17) is 17.4 Å². The minimum absolute atomic E-state index is 0. The van der Waals surface area contributed by atoms with Gasteiger partial charge in [-0.2, -0.15) is 0 Å². The van der Waals surface area contributed by atoms with E-state index in [2.05, 4.69) is 15.5 Å². The van der Waals surface area contributed by atoms with Crippen molar-refractivity contribution in [3.8, 4) is 11.4 Å². The van der Waals surface area contributed by atoms with Crippen LogP contribution in [0.15, 0.2) is 29.4 Å². The molecule has 0 aliphatic heterocycles. The molecule has 15 heavy (non-hydrogen) atoms. The van der Waals surface area contributed by atoms with Gasteiger partial charge in [-0.1, -0.05) is 0 Å². The van der Waals surface area contributed by atoms with Gasteiger partial charge in [0.05, 0.1) is 12.8 Å². The third-order valence-electron chi connectivity index (χ3n) is 1.76. The second-order valence-corrected chi connectivity index (χ2v) is 2.94. The van der Waals surface area contributed by atoms with Gasteiger partial charge < -0.3 is 17.4 Å². The predicted molar refractivity (Wildman–Crippen MR) is 51.3 cm³/mol. The van der Waals surface area contributed by atoms with E-state index in [0.29, 0.717) is 5.16 Å². The molecule has 0 amide bonds. The van der Waals surface area contributed by atoms with Gasteiger partial charge in [0.1, 0.15) is 5.75 Å². The number of tetrazole rings is 1. The molecule has 0 saturated carbocycles. The summed E-state index contributed by atoms with van der Waals surface area (Å²) in [6, 6.07) is 7.33. The number of benzene rings is 1. The van der Waals surface area contributed by atoms with Crippen LogP contribution < -0.4 is 34.3 Å². The molecule has 1 aromatic carbocycles. The average molecular weight is 230 g/mol. The molecule has 1 aromatic heterocycles. The number of nitrogens with zero attached hydrogens (tertiary/aromatic N) is 4. The zero-order valence-corrected chi connectivity index (χ0v) is 11.2. The molecule has 0 fully saturated rings. The summed E-state index contributed by atoms with van der Waals surface area (Å²) in [7, 11) is 1.62. The smallest absolute Gasteiger partial charge is 0.738 e. The molecule has 0 N–H and O–H groups in total. The third kappa shape index (κ3) is 2.66. The van der Waals surface area contributed by atoms with Crippen molar-refractivity contribution in [3.05, 3.63) is 24.3 Å². The van der Waals surface area contributed by atoms with Crippen molar-refractivity contribution in [3.63, 3.8) is 0 Å². The average Bonchev–Trinajstić information content (AvgIpc) is 2.65. The van der Waals surface area contributed by atoms with Gasteiger partial charge in [0.25, 0.3) is 0 Å². The summed E-state index contributed by atoms with van der Waals surface area (Å²) < 4.78 is 6.51. The van der Waals surface area contributed by atoms with E-state index in [1.807, 2.05) is 24.3 Å². The maximum Gasteiger partial charge on any atom is 1.00 e. The predicted octanol–water partition coefficient (Wildman–Crippen LogP) is -2.42. The number of hydrogen-bond donors (Lipinski definition) is 0. The Hall–Kier alpha value is -0.690. The second kappa shape index (κ2) is 5.41. The van der Waals surface area contributed by atoms with Gasteiger partial charge >= 0.3 is 29.6 Å². The van der Waals surface area contributed by atoms with E-state index >= 15 is 0 Å². The Morgan fingerprint density at radius 1 is 1.27 bits per heavy atom. The summed E-state index contributed by atoms with van der Waals surface area (Å²) >= 11 is 4.92. The molecule has 0 atom stereocenters. The van der Waals surface area contributed by atoms with Crippen LogP contribution >= 0.6 is 0 Å². The van der Waals surface area contributed by atoms with Gasteiger partial charge in [-0.25, -0.2) is 4.68 Å². The molecule has 2 aromatic rings. The molecule has 72 valence electrons. The molecule has 1 heterocycles. The van der Waals surface area contributed by atoms with Crippen molar-refractivity contribution in [2.75, 3.05) is 7.11 Å². The maximum atomic E-state index is 5.03. The van der Waals surface area contributed by atoms with Crippen LogP contribution in [0.5, 0.6) is 5.75 Å². The van der Waals surface area contributed by atoms with Gasteiger partial charge in [0.15, 0.2) is 0 Å². The van der Waals surface area contributed by atoms with Crippen molar-refractivity contribution >= 4 is 12.6 Å². The zero-order valence-electron chi connectivity index (χ0n) is 8.41. The minimum Gasteiger partial charge on any atom is -0.738 e. The number of hydrogen-bond acceptors (Lipinski definition) is 5. The summed E-state index contributed by atoms with van der Waals surface area (Å²) in [5.41, 5.74) is 0.820. The normalized spacial score (nSPS) is 9.40.